The van der Waals surface area contributed by atoms with E-state index < -0.39 is 0 Å². The molecule has 0 fully saturated rings. The first-order chi connectivity index (χ1) is 7.20. The number of benzene rings is 1. The Bertz CT molecular complexity index is 427. The van der Waals surface area contributed by atoms with Crippen molar-refractivity contribution in [2.24, 2.45) is 0 Å². The van der Waals surface area contributed by atoms with E-state index in [1.165, 1.54) is 0 Å². The van der Waals surface area contributed by atoms with Gasteiger partial charge in [0, 0.05) is 6.42 Å². The second-order valence-electron chi connectivity index (χ2n) is 3.66. The van der Waals surface area contributed by atoms with E-state index in [1.807, 2.05) is 19.1 Å². The Hall–Kier alpha value is -1.84. The van der Waals surface area contributed by atoms with Crippen LogP contribution in [-0.4, -0.2) is 12.3 Å². The van der Waals surface area contributed by atoms with Gasteiger partial charge in [-0.1, -0.05) is 6.07 Å². The summed E-state index contributed by atoms with van der Waals surface area (Å²) in [6, 6.07) is 3.88. The number of amides is 2. The van der Waals surface area contributed by atoms with Gasteiger partial charge in [-0.3, -0.25) is 9.59 Å². The molecule has 0 aromatic heterocycles. The van der Waals surface area contributed by atoms with Gasteiger partial charge >= 0.3 is 0 Å². The van der Waals surface area contributed by atoms with Crippen LogP contribution in [0.25, 0.3) is 0 Å². The molecule has 1 heterocycles. The van der Waals surface area contributed by atoms with Gasteiger partial charge in [0.05, 0.1) is 11.4 Å². The molecule has 1 aliphatic heterocycles. The van der Waals surface area contributed by atoms with E-state index in [2.05, 4.69) is 10.6 Å². The first kappa shape index (κ1) is 9.71. The second kappa shape index (κ2) is 3.73. The van der Waals surface area contributed by atoms with Crippen LogP contribution in [-0.2, 0) is 16.0 Å². The second-order valence-corrected chi connectivity index (χ2v) is 3.66. The van der Waals surface area contributed by atoms with Crippen LogP contribution in [0.15, 0.2) is 12.1 Å². The van der Waals surface area contributed by atoms with Crippen LogP contribution >= 0.6 is 0 Å². The van der Waals surface area contributed by atoms with Gasteiger partial charge in [-0.25, -0.2) is 0 Å². The van der Waals surface area contributed by atoms with Crippen LogP contribution in [0.2, 0.25) is 0 Å². The summed E-state index contributed by atoms with van der Waals surface area (Å²) >= 11 is 0. The van der Waals surface area contributed by atoms with E-state index in [4.69, 9.17) is 0 Å². The molecular weight excluding hydrogens is 192 g/mol. The number of anilines is 2. The highest BCUT2D eigenvalue weighted by molar-refractivity contribution is 5.99. The molecule has 0 atom stereocenters. The summed E-state index contributed by atoms with van der Waals surface area (Å²) in [5.74, 6) is 0.000280. The maximum absolute atomic E-state index is 11.2. The molecule has 1 aliphatic rings. The lowest BCUT2D eigenvalue weighted by molar-refractivity contribution is -0.116. The van der Waals surface area contributed by atoms with Crippen molar-refractivity contribution in [3.8, 4) is 0 Å². The number of hydrogen-bond donors (Lipinski definition) is 2. The maximum atomic E-state index is 11.2. The third-order valence-corrected chi connectivity index (χ3v) is 2.46. The Morgan fingerprint density at radius 1 is 1.40 bits per heavy atom. The summed E-state index contributed by atoms with van der Waals surface area (Å²) in [5, 5.41) is 5.38. The van der Waals surface area contributed by atoms with Crippen molar-refractivity contribution in [1.82, 2.24) is 0 Å². The lowest BCUT2D eigenvalue weighted by Gasteiger charge is -2.20. The molecule has 0 saturated heterocycles. The number of aryl methyl sites for hydroxylation is 2. The summed E-state index contributed by atoms with van der Waals surface area (Å²) in [5.41, 5.74) is 3.57. The van der Waals surface area contributed by atoms with Gasteiger partial charge in [0.25, 0.3) is 0 Å². The molecule has 2 N–H and O–H groups in total. The molecule has 0 saturated carbocycles. The maximum Gasteiger partial charge on any atom is 0.224 e. The number of carbonyl (C=O) groups is 2. The van der Waals surface area contributed by atoms with Crippen molar-refractivity contribution in [2.45, 2.75) is 19.8 Å². The van der Waals surface area contributed by atoms with Gasteiger partial charge in [-0.15, -0.1) is 0 Å². The monoisotopic (exact) mass is 204 g/mol. The van der Waals surface area contributed by atoms with Crippen molar-refractivity contribution in [3.63, 3.8) is 0 Å². The molecular formula is C11H12N2O2. The molecule has 0 unspecified atom stereocenters. The molecule has 2 amide bonds. The van der Waals surface area contributed by atoms with Crippen molar-refractivity contribution < 1.29 is 9.59 Å². The predicted molar refractivity (Wildman–Crippen MR) is 57.8 cm³/mol. The topological polar surface area (TPSA) is 58.2 Å². The summed E-state index contributed by atoms with van der Waals surface area (Å²) in [7, 11) is 0. The van der Waals surface area contributed by atoms with Crippen molar-refractivity contribution >= 4 is 23.7 Å². The molecule has 0 radical (unpaired) electrons. The fraction of sp³-hybridized carbons (Fsp3) is 0.273. The standard InChI is InChI=1S/C11H12N2O2/c1-7-4-8-2-3-10(15)13-11(8)9(5-7)12-6-14/h4-6H,2-3H2,1H3,(H,12,14)(H,13,15). The third kappa shape index (κ3) is 1.83. The van der Waals surface area contributed by atoms with E-state index in [0.29, 0.717) is 18.5 Å². The normalized spacial score (nSPS) is 14.1. The number of hydrogen-bond acceptors (Lipinski definition) is 2. The molecule has 4 nitrogen and oxygen atoms in total. The van der Waals surface area contributed by atoms with Crippen molar-refractivity contribution in [2.75, 3.05) is 10.6 Å². The highest BCUT2D eigenvalue weighted by atomic mass is 16.1. The van der Waals surface area contributed by atoms with Gasteiger partial charge in [0.1, 0.15) is 0 Å². The summed E-state index contributed by atoms with van der Waals surface area (Å²) in [6.45, 7) is 1.96. The predicted octanol–water partition coefficient (Wildman–Crippen LogP) is 1.45. The molecule has 4 heteroatoms. The summed E-state index contributed by atoms with van der Waals surface area (Å²) in [4.78, 5) is 21.7. The Balaban J connectivity index is 2.49. The Morgan fingerprint density at radius 2 is 2.20 bits per heavy atom. The van der Waals surface area contributed by atoms with E-state index in [0.717, 1.165) is 23.2 Å². The fourth-order valence-electron chi connectivity index (χ4n) is 1.83. The Labute approximate surface area is 87.7 Å². The number of nitrogens with one attached hydrogen (secondary N) is 2. The zero-order valence-corrected chi connectivity index (χ0v) is 8.46. The average molecular weight is 204 g/mol. The molecule has 1 aromatic carbocycles. The molecule has 78 valence electrons. The fourth-order valence-corrected chi connectivity index (χ4v) is 1.83. The lowest BCUT2D eigenvalue weighted by atomic mass is 9.99. The van der Waals surface area contributed by atoms with Crippen molar-refractivity contribution in [3.05, 3.63) is 23.3 Å². The van der Waals surface area contributed by atoms with Gasteiger partial charge in [-0.05, 0) is 30.5 Å². The van der Waals surface area contributed by atoms with Crippen LogP contribution in [0.5, 0.6) is 0 Å². The van der Waals surface area contributed by atoms with Gasteiger partial charge in [-0.2, -0.15) is 0 Å². The largest absolute Gasteiger partial charge is 0.327 e. The van der Waals surface area contributed by atoms with Crippen LogP contribution in [0.4, 0.5) is 11.4 Å². The van der Waals surface area contributed by atoms with Crippen LogP contribution in [0.1, 0.15) is 17.5 Å². The Kier molecular flexibility index (Phi) is 2.41. The first-order valence-corrected chi connectivity index (χ1v) is 4.84. The molecule has 0 aliphatic carbocycles. The van der Waals surface area contributed by atoms with Crippen LogP contribution in [0, 0.1) is 6.92 Å². The first-order valence-electron chi connectivity index (χ1n) is 4.84. The lowest BCUT2D eigenvalue weighted by Crippen LogP contribution is -2.20. The Morgan fingerprint density at radius 3 is 2.93 bits per heavy atom. The van der Waals surface area contributed by atoms with Crippen molar-refractivity contribution in [1.29, 1.82) is 0 Å². The van der Waals surface area contributed by atoms with Crippen LogP contribution < -0.4 is 10.6 Å². The van der Waals surface area contributed by atoms with Gasteiger partial charge in [0.15, 0.2) is 0 Å². The van der Waals surface area contributed by atoms with E-state index in [-0.39, 0.29) is 5.91 Å². The van der Waals surface area contributed by atoms with Gasteiger partial charge < -0.3 is 10.6 Å². The highest BCUT2D eigenvalue weighted by Crippen LogP contribution is 2.31. The van der Waals surface area contributed by atoms with E-state index in [1.54, 1.807) is 0 Å². The molecule has 0 bridgehead atoms. The van der Waals surface area contributed by atoms with Gasteiger partial charge in [0.2, 0.25) is 12.3 Å². The number of fused-ring (bicyclic) bond motifs is 1. The minimum absolute atomic E-state index is 0.000280. The minimum atomic E-state index is 0.000280. The van der Waals surface area contributed by atoms with Crippen LogP contribution in [0.3, 0.4) is 0 Å². The summed E-state index contributed by atoms with van der Waals surface area (Å²) < 4.78 is 0. The average Bonchev–Trinajstić information content (AvgIpc) is 2.19. The number of rotatable bonds is 2. The number of carbonyl (C=O) groups excluding carboxylic acids is 2. The molecule has 1 aromatic rings. The molecule has 15 heavy (non-hydrogen) atoms. The van der Waals surface area contributed by atoms with E-state index in [9.17, 15) is 9.59 Å². The SMILES string of the molecule is Cc1cc2c(c(NC=O)c1)NC(=O)CC2. The third-order valence-electron chi connectivity index (χ3n) is 2.46. The molecule has 0 spiro atoms. The van der Waals surface area contributed by atoms with E-state index >= 15 is 0 Å². The quantitative estimate of drug-likeness (QED) is 0.716. The smallest absolute Gasteiger partial charge is 0.224 e. The summed E-state index contributed by atoms with van der Waals surface area (Å²) in [6.07, 6.45) is 1.86. The molecule has 2 rings (SSSR count). The minimum Gasteiger partial charge on any atom is -0.327 e. The zero-order chi connectivity index (χ0) is 10.8. The zero-order valence-electron chi connectivity index (χ0n) is 8.46. The highest BCUT2D eigenvalue weighted by Gasteiger charge is 2.18.